The van der Waals surface area contributed by atoms with Crippen LogP contribution in [0.1, 0.15) is 219 Å². The zero-order valence-electron chi connectivity index (χ0n) is 35.7. The molecule has 0 saturated carbocycles. The maximum Gasteiger partial charge on any atom is 0.306 e. The maximum absolute atomic E-state index is 12.7. The first-order valence-corrected chi connectivity index (χ1v) is 22.6. The second-order valence-corrected chi connectivity index (χ2v) is 16.7. The molecular formula is C45H87NO7. The summed E-state index contributed by atoms with van der Waals surface area (Å²) in [6.45, 7) is 4.66. The molecule has 8 nitrogen and oxygen atoms in total. The van der Waals surface area contributed by atoms with Crippen LogP contribution in [-0.2, 0) is 28.6 Å². The molecule has 0 aromatic carbocycles. The zero-order chi connectivity index (χ0) is 39.3. The zero-order valence-corrected chi connectivity index (χ0v) is 35.7. The van der Waals surface area contributed by atoms with Crippen molar-refractivity contribution in [3.63, 3.8) is 0 Å². The van der Waals surface area contributed by atoms with E-state index in [0.29, 0.717) is 12.8 Å². The third kappa shape index (κ3) is 35.8. The van der Waals surface area contributed by atoms with Crippen LogP contribution in [-0.4, -0.2) is 75.5 Å². The summed E-state index contributed by atoms with van der Waals surface area (Å²) < 4.78 is 17.1. The highest BCUT2D eigenvalue weighted by Crippen LogP contribution is 2.16. The molecule has 0 rings (SSSR count). The van der Waals surface area contributed by atoms with Crippen molar-refractivity contribution in [1.29, 1.82) is 0 Å². The largest absolute Gasteiger partial charge is 0.544 e. The molecule has 0 spiro atoms. The Kier molecular flexibility index (Phi) is 36.1. The minimum atomic E-state index is -1.12. The second-order valence-electron chi connectivity index (χ2n) is 16.7. The van der Waals surface area contributed by atoms with E-state index in [1.165, 1.54) is 148 Å². The Morgan fingerprint density at radius 3 is 1.17 bits per heavy atom. The third-order valence-electron chi connectivity index (χ3n) is 10.5. The molecule has 0 amide bonds. The number of ether oxygens (including phenoxy) is 3. The fraction of sp³-hybridized carbons (Fsp3) is 0.933. The van der Waals surface area contributed by atoms with E-state index in [9.17, 15) is 19.5 Å². The van der Waals surface area contributed by atoms with Gasteiger partial charge in [-0.2, -0.15) is 0 Å². The highest BCUT2D eigenvalue weighted by atomic mass is 16.6. The maximum atomic E-state index is 12.7. The number of esters is 2. The lowest BCUT2D eigenvalue weighted by atomic mass is 10.0. The van der Waals surface area contributed by atoms with Gasteiger partial charge in [0.05, 0.1) is 40.3 Å². The van der Waals surface area contributed by atoms with Crippen molar-refractivity contribution in [2.24, 2.45) is 0 Å². The molecule has 314 valence electrons. The van der Waals surface area contributed by atoms with Crippen molar-refractivity contribution in [2.45, 2.75) is 231 Å². The lowest BCUT2D eigenvalue weighted by Crippen LogP contribution is -2.55. The van der Waals surface area contributed by atoms with Gasteiger partial charge < -0.3 is 28.6 Å². The number of nitrogens with zero attached hydrogens (tertiary/aromatic N) is 1. The number of unbranched alkanes of at least 4 members (excludes halogenated alkanes) is 27. The van der Waals surface area contributed by atoms with E-state index in [2.05, 4.69) is 13.8 Å². The van der Waals surface area contributed by atoms with Gasteiger partial charge >= 0.3 is 11.9 Å². The smallest absolute Gasteiger partial charge is 0.306 e. The Bertz CT molecular complexity index is 843. The summed E-state index contributed by atoms with van der Waals surface area (Å²) in [5.74, 6) is -1.72. The fourth-order valence-electron chi connectivity index (χ4n) is 6.95. The predicted octanol–water partition coefficient (Wildman–Crippen LogP) is 10.8. The number of aliphatic carboxylic acids is 1. The van der Waals surface area contributed by atoms with Crippen LogP contribution >= 0.6 is 0 Å². The van der Waals surface area contributed by atoms with E-state index in [4.69, 9.17) is 14.2 Å². The highest BCUT2D eigenvalue weighted by Gasteiger charge is 2.25. The fourth-order valence-corrected chi connectivity index (χ4v) is 6.95. The van der Waals surface area contributed by atoms with Crippen LogP contribution in [0.5, 0.6) is 0 Å². The normalized spacial score (nSPS) is 12.8. The quantitative estimate of drug-likeness (QED) is 0.0348. The second kappa shape index (κ2) is 37.3. The number of carboxylic acid groups (broad SMARTS) is 1. The SMILES string of the molecule is CCCCCCCCCCCCCCCCCCCCCCCC(=O)OC(COCCC(C(=O)[O-])[N+](C)(C)C)COC(=O)CCCCCCCCCC. The van der Waals surface area contributed by atoms with E-state index < -0.39 is 18.1 Å². The monoisotopic (exact) mass is 754 g/mol. The summed E-state index contributed by atoms with van der Waals surface area (Å²) in [7, 11) is 5.41. The van der Waals surface area contributed by atoms with E-state index in [0.717, 1.165) is 38.5 Å². The van der Waals surface area contributed by atoms with Gasteiger partial charge in [0, 0.05) is 19.3 Å². The number of likely N-dealkylation sites (N-methyl/N-ethyl adjacent to an activating group) is 1. The average molecular weight is 754 g/mol. The molecule has 0 aliphatic rings. The van der Waals surface area contributed by atoms with Crippen molar-refractivity contribution in [2.75, 3.05) is 41.0 Å². The number of hydrogen-bond acceptors (Lipinski definition) is 7. The molecule has 8 heteroatoms. The summed E-state index contributed by atoms with van der Waals surface area (Å²) in [5, 5.41) is 11.6. The Morgan fingerprint density at radius 1 is 0.491 bits per heavy atom. The standard InChI is InChI=1S/C45H87NO7/c1-6-8-10-12-14-16-17-18-19-20-21-22-23-24-25-26-27-28-30-32-34-36-44(48)53-41(39-51-38-37-42(45(49)50)46(3,4)5)40-52-43(47)35-33-31-29-15-13-11-9-7-2/h41-42H,6-40H2,1-5H3. The molecule has 0 aromatic heterocycles. The lowest BCUT2D eigenvalue weighted by Gasteiger charge is -2.34. The topological polar surface area (TPSA) is 102 Å². The van der Waals surface area contributed by atoms with Crippen LogP contribution in [0.2, 0.25) is 0 Å². The third-order valence-corrected chi connectivity index (χ3v) is 10.5. The number of carbonyl (C=O) groups excluding carboxylic acids is 3. The van der Waals surface area contributed by atoms with Gasteiger partial charge in [-0.1, -0.05) is 187 Å². The summed E-state index contributed by atoms with van der Waals surface area (Å²) in [6.07, 6.45) is 37.1. The van der Waals surface area contributed by atoms with Gasteiger partial charge in [-0.3, -0.25) is 9.59 Å². The number of carboxylic acids is 1. The van der Waals surface area contributed by atoms with Crippen LogP contribution in [0.15, 0.2) is 0 Å². The molecule has 0 aromatic rings. The molecule has 0 bridgehead atoms. The average Bonchev–Trinajstić information content (AvgIpc) is 3.11. The van der Waals surface area contributed by atoms with E-state index >= 15 is 0 Å². The number of carbonyl (C=O) groups is 3. The van der Waals surface area contributed by atoms with Crippen molar-refractivity contribution in [1.82, 2.24) is 0 Å². The van der Waals surface area contributed by atoms with Gasteiger partial charge in [-0.05, 0) is 12.8 Å². The molecule has 0 fully saturated rings. The number of hydrogen-bond donors (Lipinski definition) is 0. The molecule has 0 radical (unpaired) electrons. The molecular weight excluding hydrogens is 666 g/mol. The van der Waals surface area contributed by atoms with E-state index in [1.54, 1.807) is 21.1 Å². The van der Waals surface area contributed by atoms with Crippen molar-refractivity contribution in [3.8, 4) is 0 Å². The first kappa shape index (κ1) is 51.3. The molecule has 0 aliphatic heterocycles. The Labute approximate surface area is 327 Å². The van der Waals surface area contributed by atoms with Gasteiger partial charge in [0.15, 0.2) is 6.10 Å². The molecule has 53 heavy (non-hydrogen) atoms. The number of quaternary nitrogens is 1. The Balaban J connectivity index is 4.14. The minimum Gasteiger partial charge on any atom is -0.544 e. The van der Waals surface area contributed by atoms with Gasteiger partial charge in [0.1, 0.15) is 12.6 Å². The molecule has 2 atom stereocenters. The lowest BCUT2D eigenvalue weighted by molar-refractivity contribution is -0.889. The summed E-state index contributed by atoms with van der Waals surface area (Å²) in [4.78, 5) is 36.7. The van der Waals surface area contributed by atoms with Crippen LogP contribution in [0, 0.1) is 0 Å². The summed E-state index contributed by atoms with van der Waals surface area (Å²) in [6, 6.07) is -0.718. The van der Waals surface area contributed by atoms with Crippen LogP contribution < -0.4 is 5.11 Å². The van der Waals surface area contributed by atoms with Gasteiger partial charge in [0.2, 0.25) is 0 Å². The molecule has 0 aliphatic carbocycles. The Morgan fingerprint density at radius 2 is 0.830 bits per heavy atom. The van der Waals surface area contributed by atoms with Gasteiger partial charge in [-0.25, -0.2) is 0 Å². The van der Waals surface area contributed by atoms with Crippen molar-refractivity contribution >= 4 is 17.9 Å². The molecule has 0 saturated heterocycles. The molecule has 0 N–H and O–H groups in total. The first-order valence-electron chi connectivity index (χ1n) is 22.6. The van der Waals surface area contributed by atoms with Crippen LogP contribution in [0.25, 0.3) is 0 Å². The minimum absolute atomic E-state index is 0.0486. The summed E-state index contributed by atoms with van der Waals surface area (Å²) >= 11 is 0. The Hall–Kier alpha value is -1.67. The predicted molar refractivity (Wildman–Crippen MR) is 218 cm³/mol. The van der Waals surface area contributed by atoms with Crippen LogP contribution in [0.3, 0.4) is 0 Å². The van der Waals surface area contributed by atoms with E-state index in [1.807, 2.05) is 0 Å². The van der Waals surface area contributed by atoms with Gasteiger partial charge in [0.25, 0.3) is 0 Å². The first-order chi connectivity index (χ1) is 25.6. The van der Waals surface area contributed by atoms with Gasteiger partial charge in [-0.15, -0.1) is 0 Å². The van der Waals surface area contributed by atoms with E-state index in [-0.39, 0.29) is 42.7 Å². The number of rotatable bonds is 41. The van der Waals surface area contributed by atoms with Crippen molar-refractivity contribution < 1.29 is 38.2 Å². The molecule has 2 unspecified atom stereocenters. The summed E-state index contributed by atoms with van der Waals surface area (Å²) in [5.41, 5.74) is 0. The van der Waals surface area contributed by atoms with Crippen LogP contribution in [0.4, 0.5) is 0 Å². The highest BCUT2D eigenvalue weighted by molar-refractivity contribution is 5.70. The van der Waals surface area contributed by atoms with Crippen molar-refractivity contribution in [3.05, 3.63) is 0 Å². The molecule has 0 heterocycles.